The fourth-order valence-electron chi connectivity index (χ4n) is 1.64. The Morgan fingerprint density at radius 3 is 2.88 bits per heavy atom. The summed E-state index contributed by atoms with van der Waals surface area (Å²) in [7, 11) is 1.87. The zero-order valence-electron chi connectivity index (χ0n) is 9.67. The molecular weight excluding hydrogens is 285 g/mol. The maximum Gasteiger partial charge on any atom is 0.123 e. The van der Waals surface area contributed by atoms with E-state index in [4.69, 9.17) is 0 Å². The van der Waals surface area contributed by atoms with Crippen molar-refractivity contribution in [3.63, 3.8) is 0 Å². The molecule has 0 unspecified atom stereocenters. The van der Waals surface area contributed by atoms with Crippen molar-refractivity contribution >= 4 is 21.6 Å². The average molecular weight is 298 g/mol. The summed E-state index contributed by atoms with van der Waals surface area (Å²) in [5.74, 6) is -0.229. The maximum atomic E-state index is 13.1. The van der Waals surface area contributed by atoms with Gasteiger partial charge in [0.25, 0.3) is 0 Å². The van der Waals surface area contributed by atoms with Gasteiger partial charge in [-0.25, -0.2) is 4.39 Å². The predicted molar refractivity (Wildman–Crippen MR) is 69.4 cm³/mol. The Hall–Kier alpha value is -1.36. The van der Waals surface area contributed by atoms with Crippen LogP contribution in [0, 0.1) is 12.7 Å². The van der Waals surface area contributed by atoms with Gasteiger partial charge in [0.15, 0.2) is 0 Å². The molecule has 0 aliphatic rings. The Labute approximate surface area is 108 Å². The van der Waals surface area contributed by atoms with E-state index in [1.807, 2.05) is 20.2 Å². The van der Waals surface area contributed by atoms with Gasteiger partial charge in [0.05, 0.1) is 11.4 Å². The topological polar surface area (TPSA) is 29.9 Å². The smallest absolute Gasteiger partial charge is 0.123 e. The number of anilines is 1. The summed E-state index contributed by atoms with van der Waals surface area (Å²) < 4.78 is 15.7. The van der Waals surface area contributed by atoms with Crippen LogP contribution in [0.3, 0.4) is 0 Å². The molecule has 1 aromatic heterocycles. The second kappa shape index (κ2) is 4.87. The number of aromatic nitrogens is 2. The molecule has 1 aromatic carbocycles. The molecule has 0 aliphatic carbocycles. The van der Waals surface area contributed by atoms with Gasteiger partial charge >= 0.3 is 0 Å². The number of rotatable bonds is 3. The fourth-order valence-corrected chi connectivity index (χ4v) is 2.03. The fraction of sp³-hybridized carbons (Fsp3) is 0.250. The van der Waals surface area contributed by atoms with Crippen molar-refractivity contribution in [3.8, 4) is 0 Å². The van der Waals surface area contributed by atoms with Crippen LogP contribution in [0.25, 0.3) is 0 Å². The van der Waals surface area contributed by atoms with E-state index in [0.29, 0.717) is 6.54 Å². The van der Waals surface area contributed by atoms with Crippen LogP contribution in [0.1, 0.15) is 11.3 Å². The van der Waals surface area contributed by atoms with E-state index in [-0.39, 0.29) is 5.82 Å². The quantitative estimate of drug-likeness (QED) is 0.942. The number of halogens is 2. The molecule has 0 atom stereocenters. The zero-order valence-corrected chi connectivity index (χ0v) is 11.3. The van der Waals surface area contributed by atoms with Gasteiger partial charge in [-0.15, -0.1) is 0 Å². The summed E-state index contributed by atoms with van der Waals surface area (Å²) >= 11 is 3.40. The number of nitrogens with zero attached hydrogens (tertiary/aromatic N) is 2. The lowest BCUT2D eigenvalue weighted by Crippen LogP contribution is -2.01. The largest absolute Gasteiger partial charge is 0.378 e. The van der Waals surface area contributed by atoms with Crippen molar-refractivity contribution < 1.29 is 4.39 Å². The van der Waals surface area contributed by atoms with Crippen LogP contribution < -0.4 is 5.32 Å². The van der Waals surface area contributed by atoms with Crippen LogP contribution in [0.15, 0.2) is 28.9 Å². The second-order valence-electron chi connectivity index (χ2n) is 3.89. The highest BCUT2D eigenvalue weighted by molar-refractivity contribution is 9.10. The lowest BCUT2D eigenvalue weighted by molar-refractivity contribution is 0.625. The minimum Gasteiger partial charge on any atom is -0.378 e. The van der Waals surface area contributed by atoms with Crippen LogP contribution in [0.4, 0.5) is 10.1 Å². The molecule has 0 radical (unpaired) electrons. The summed E-state index contributed by atoms with van der Waals surface area (Å²) in [4.78, 5) is 0. The Kier molecular flexibility index (Phi) is 3.47. The first-order valence-corrected chi connectivity index (χ1v) is 6.03. The summed E-state index contributed by atoms with van der Waals surface area (Å²) in [6.07, 6.45) is 1.91. The summed E-state index contributed by atoms with van der Waals surface area (Å²) in [5.41, 5.74) is 2.77. The van der Waals surface area contributed by atoms with Crippen LogP contribution in [-0.4, -0.2) is 9.78 Å². The number of nitrogens with one attached hydrogen (secondary N) is 1. The molecule has 0 spiro atoms. The van der Waals surface area contributed by atoms with E-state index in [2.05, 4.69) is 26.3 Å². The normalized spacial score (nSPS) is 10.6. The Bertz CT molecular complexity index is 537. The number of hydrogen-bond acceptors (Lipinski definition) is 2. The van der Waals surface area contributed by atoms with Gasteiger partial charge < -0.3 is 5.32 Å². The highest BCUT2D eigenvalue weighted by Gasteiger charge is 2.05. The highest BCUT2D eigenvalue weighted by atomic mass is 79.9. The molecule has 0 amide bonds. The predicted octanol–water partition coefficient (Wildman–Crippen LogP) is 3.24. The molecule has 3 nitrogen and oxygen atoms in total. The van der Waals surface area contributed by atoms with Crippen molar-refractivity contribution in [2.75, 3.05) is 5.32 Å². The third kappa shape index (κ3) is 2.85. The van der Waals surface area contributed by atoms with Gasteiger partial charge in [0.2, 0.25) is 0 Å². The molecule has 0 saturated carbocycles. The molecule has 5 heteroatoms. The monoisotopic (exact) mass is 297 g/mol. The van der Waals surface area contributed by atoms with Crippen LogP contribution in [0.2, 0.25) is 0 Å². The standard InChI is InChI=1S/C12H13BrFN3/c1-8-12(7-17(2)16-8)15-6-9-5-10(14)3-4-11(9)13/h3-5,7,15H,6H2,1-2H3. The molecule has 0 aliphatic heterocycles. The first kappa shape index (κ1) is 12.1. The van der Waals surface area contributed by atoms with Crippen molar-refractivity contribution in [1.82, 2.24) is 9.78 Å². The Morgan fingerprint density at radius 1 is 1.47 bits per heavy atom. The molecule has 17 heavy (non-hydrogen) atoms. The van der Waals surface area contributed by atoms with Crippen LogP contribution in [-0.2, 0) is 13.6 Å². The van der Waals surface area contributed by atoms with E-state index in [9.17, 15) is 4.39 Å². The van der Waals surface area contributed by atoms with E-state index in [1.165, 1.54) is 12.1 Å². The lowest BCUT2D eigenvalue weighted by Gasteiger charge is -2.07. The third-order valence-electron chi connectivity index (χ3n) is 2.49. The van der Waals surface area contributed by atoms with E-state index < -0.39 is 0 Å². The van der Waals surface area contributed by atoms with Gasteiger partial charge in [-0.3, -0.25) is 4.68 Å². The molecule has 90 valence electrons. The first-order valence-electron chi connectivity index (χ1n) is 5.24. The average Bonchev–Trinajstić information content (AvgIpc) is 2.59. The number of aryl methyl sites for hydroxylation is 2. The van der Waals surface area contributed by atoms with E-state index in [1.54, 1.807) is 10.7 Å². The molecular formula is C12H13BrFN3. The summed E-state index contributed by atoms with van der Waals surface area (Å²) in [5, 5.41) is 7.47. The van der Waals surface area contributed by atoms with Crippen molar-refractivity contribution in [2.24, 2.45) is 7.05 Å². The van der Waals surface area contributed by atoms with Gasteiger partial charge in [-0.05, 0) is 30.7 Å². The molecule has 1 N–H and O–H groups in total. The van der Waals surface area contributed by atoms with E-state index in [0.717, 1.165) is 21.4 Å². The third-order valence-corrected chi connectivity index (χ3v) is 3.26. The van der Waals surface area contributed by atoms with Crippen LogP contribution in [0.5, 0.6) is 0 Å². The minimum absolute atomic E-state index is 0.229. The SMILES string of the molecule is Cc1nn(C)cc1NCc1cc(F)ccc1Br. The molecule has 0 fully saturated rings. The van der Waals surface area contributed by atoms with Gasteiger partial charge in [-0.2, -0.15) is 5.10 Å². The highest BCUT2D eigenvalue weighted by Crippen LogP contribution is 2.20. The zero-order chi connectivity index (χ0) is 12.4. The second-order valence-corrected chi connectivity index (χ2v) is 4.75. The Balaban J connectivity index is 2.12. The Morgan fingerprint density at radius 2 is 2.24 bits per heavy atom. The molecule has 1 heterocycles. The van der Waals surface area contributed by atoms with Gasteiger partial charge in [0.1, 0.15) is 5.82 Å². The number of benzene rings is 1. The van der Waals surface area contributed by atoms with Gasteiger partial charge in [0, 0.05) is 24.3 Å². The molecule has 0 saturated heterocycles. The van der Waals surface area contributed by atoms with Crippen molar-refractivity contribution in [3.05, 3.63) is 45.9 Å². The number of hydrogen-bond donors (Lipinski definition) is 1. The molecule has 2 aromatic rings. The maximum absolute atomic E-state index is 13.1. The molecule has 2 rings (SSSR count). The molecule has 0 bridgehead atoms. The van der Waals surface area contributed by atoms with Gasteiger partial charge in [-0.1, -0.05) is 15.9 Å². The van der Waals surface area contributed by atoms with E-state index >= 15 is 0 Å². The first-order chi connectivity index (χ1) is 8.06. The van der Waals surface area contributed by atoms with Crippen molar-refractivity contribution in [1.29, 1.82) is 0 Å². The lowest BCUT2D eigenvalue weighted by atomic mass is 10.2. The summed E-state index contributed by atoms with van der Waals surface area (Å²) in [6, 6.07) is 4.66. The van der Waals surface area contributed by atoms with Crippen molar-refractivity contribution in [2.45, 2.75) is 13.5 Å². The summed E-state index contributed by atoms with van der Waals surface area (Å²) in [6.45, 7) is 2.49. The minimum atomic E-state index is -0.229. The van der Waals surface area contributed by atoms with Crippen LogP contribution >= 0.6 is 15.9 Å².